The molecule has 1 amide bonds. The van der Waals surface area contributed by atoms with Crippen molar-refractivity contribution in [2.45, 2.75) is 32.7 Å². The Kier molecular flexibility index (Phi) is 3.53. The summed E-state index contributed by atoms with van der Waals surface area (Å²) in [5.41, 5.74) is 2.92. The van der Waals surface area contributed by atoms with Crippen LogP contribution in [0, 0.1) is 13.8 Å². The molecule has 0 radical (unpaired) electrons. The zero-order valence-corrected chi connectivity index (χ0v) is 12.8. The SMILES string of the molecule is Cc1cc(C)n(C2CCN(C(=O)c3cnn(C)c3)CC2)n1. The monoisotopic (exact) mass is 287 g/mol. The van der Waals surface area contributed by atoms with Crippen LogP contribution in [0.25, 0.3) is 0 Å². The van der Waals surface area contributed by atoms with E-state index < -0.39 is 0 Å². The largest absolute Gasteiger partial charge is 0.338 e. The number of aryl methyl sites for hydroxylation is 3. The summed E-state index contributed by atoms with van der Waals surface area (Å²) in [4.78, 5) is 14.3. The lowest BCUT2D eigenvalue weighted by Crippen LogP contribution is -2.39. The lowest BCUT2D eigenvalue weighted by atomic mass is 10.0. The molecule has 6 nitrogen and oxygen atoms in total. The maximum Gasteiger partial charge on any atom is 0.257 e. The van der Waals surface area contributed by atoms with E-state index in [0.29, 0.717) is 11.6 Å². The molecule has 1 aliphatic rings. The summed E-state index contributed by atoms with van der Waals surface area (Å²) in [5.74, 6) is 0.0786. The second-order valence-corrected chi connectivity index (χ2v) is 5.80. The molecular weight excluding hydrogens is 266 g/mol. The number of carbonyl (C=O) groups excluding carboxylic acids is 1. The van der Waals surface area contributed by atoms with Crippen molar-refractivity contribution in [1.29, 1.82) is 0 Å². The average molecular weight is 287 g/mol. The Morgan fingerprint density at radius 1 is 1.29 bits per heavy atom. The molecule has 0 saturated carbocycles. The van der Waals surface area contributed by atoms with Crippen molar-refractivity contribution in [2.75, 3.05) is 13.1 Å². The highest BCUT2D eigenvalue weighted by atomic mass is 16.2. The van der Waals surface area contributed by atoms with Gasteiger partial charge in [-0.3, -0.25) is 14.2 Å². The maximum atomic E-state index is 12.4. The number of carbonyl (C=O) groups is 1. The van der Waals surface area contributed by atoms with E-state index in [1.807, 2.05) is 18.9 Å². The van der Waals surface area contributed by atoms with Crippen molar-refractivity contribution >= 4 is 5.91 Å². The van der Waals surface area contributed by atoms with Crippen molar-refractivity contribution in [3.8, 4) is 0 Å². The Hall–Kier alpha value is -2.11. The van der Waals surface area contributed by atoms with Gasteiger partial charge in [-0.2, -0.15) is 10.2 Å². The fourth-order valence-electron chi connectivity index (χ4n) is 3.04. The van der Waals surface area contributed by atoms with Crippen LogP contribution < -0.4 is 0 Å². The maximum absolute atomic E-state index is 12.4. The summed E-state index contributed by atoms with van der Waals surface area (Å²) in [6.07, 6.45) is 5.31. The first kappa shape index (κ1) is 13.9. The number of aromatic nitrogens is 4. The third-order valence-electron chi connectivity index (χ3n) is 4.09. The van der Waals surface area contributed by atoms with Gasteiger partial charge in [0.1, 0.15) is 0 Å². The van der Waals surface area contributed by atoms with Gasteiger partial charge >= 0.3 is 0 Å². The molecule has 0 spiro atoms. The second kappa shape index (κ2) is 5.35. The zero-order valence-electron chi connectivity index (χ0n) is 12.8. The highest BCUT2D eigenvalue weighted by molar-refractivity contribution is 5.93. The van der Waals surface area contributed by atoms with E-state index in [2.05, 4.69) is 27.9 Å². The molecule has 21 heavy (non-hydrogen) atoms. The standard InChI is InChI=1S/C15H21N5O/c1-11-8-12(2)20(17-11)14-4-6-19(7-5-14)15(21)13-9-16-18(3)10-13/h8-10,14H,4-7H2,1-3H3. The number of hydrogen-bond acceptors (Lipinski definition) is 3. The van der Waals surface area contributed by atoms with Gasteiger partial charge < -0.3 is 4.90 Å². The van der Waals surface area contributed by atoms with E-state index in [-0.39, 0.29) is 5.91 Å². The van der Waals surface area contributed by atoms with E-state index in [1.54, 1.807) is 17.1 Å². The van der Waals surface area contributed by atoms with Crippen molar-refractivity contribution in [2.24, 2.45) is 7.05 Å². The summed E-state index contributed by atoms with van der Waals surface area (Å²) in [5, 5.41) is 8.63. The van der Waals surface area contributed by atoms with Gasteiger partial charge in [0, 0.05) is 32.0 Å². The molecule has 0 aliphatic carbocycles. The molecular formula is C15H21N5O. The molecule has 0 N–H and O–H groups in total. The summed E-state index contributed by atoms with van der Waals surface area (Å²) in [6, 6.07) is 2.50. The minimum Gasteiger partial charge on any atom is -0.338 e. The van der Waals surface area contributed by atoms with Gasteiger partial charge in [-0.05, 0) is 32.8 Å². The molecule has 0 aromatic carbocycles. The third-order valence-corrected chi connectivity index (χ3v) is 4.09. The Morgan fingerprint density at radius 2 is 2.00 bits per heavy atom. The number of amides is 1. The van der Waals surface area contributed by atoms with E-state index in [9.17, 15) is 4.79 Å². The van der Waals surface area contributed by atoms with Crippen LogP contribution in [-0.2, 0) is 7.05 Å². The van der Waals surface area contributed by atoms with Gasteiger partial charge in [0.15, 0.2) is 0 Å². The molecule has 6 heteroatoms. The van der Waals surface area contributed by atoms with Gasteiger partial charge in [0.25, 0.3) is 5.91 Å². The van der Waals surface area contributed by atoms with Gasteiger partial charge in [-0.15, -0.1) is 0 Å². The second-order valence-electron chi connectivity index (χ2n) is 5.80. The summed E-state index contributed by atoms with van der Waals surface area (Å²) in [7, 11) is 1.83. The Morgan fingerprint density at radius 3 is 2.52 bits per heavy atom. The first-order valence-electron chi connectivity index (χ1n) is 7.35. The van der Waals surface area contributed by atoms with Crippen LogP contribution in [-0.4, -0.2) is 43.5 Å². The first-order chi connectivity index (χ1) is 10.0. The summed E-state index contributed by atoms with van der Waals surface area (Å²) >= 11 is 0. The van der Waals surface area contributed by atoms with E-state index >= 15 is 0 Å². The van der Waals surface area contributed by atoms with Crippen LogP contribution in [0.2, 0.25) is 0 Å². The number of hydrogen-bond donors (Lipinski definition) is 0. The van der Waals surface area contributed by atoms with Crippen LogP contribution >= 0.6 is 0 Å². The summed E-state index contributed by atoms with van der Waals surface area (Å²) in [6.45, 7) is 5.66. The fraction of sp³-hybridized carbons (Fsp3) is 0.533. The Bertz CT molecular complexity index is 649. The third kappa shape index (κ3) is 2.70. The smallest absolute Gasteiger partial charge is 0.257 e. The topological polar surface area (TPSA) is 56.0 Å². The highest BCUT2D eigenvalue weighted by Crippen LogP contribution is 2.24. The van der Waals surface area contributed by atoms with Crippen LogP contribution in [0.15, 0.2) is 18.5 Å². The number of nitrogens with zero attached hydrogens (tertiary/aromatic N) is 5. The van der Waals surface area contributed by atoms with E-state index in [0.717, 1.165) is 31.6 Å². The van der Waals surface area contributed by atoms with Gasteiger partial charge in [0.05, 0.1) is 23.5 Å². The molecule has 1 aliphatic heterocycles. The Balaban J connectivity index is 1.65. The molecule has 112 valence electrons. The Labute approximate surface area is 124 Å². The molecule has 3 heterocycles. The highest BCUT2D eigenvalue weighted by Gasteiger charge is 2.26. The quantitative estimate of drug-likeness (QED) is 0.845. The fourth-order valence-corrected chi connectivity index (χ4v) is 3.04. The van der Waals surface area contributed by atoms with Crippen molar-refractivity contribution < 1.29 is 4.79 Å². The van der Waals surface area contributed by atoms with E-state index in [1.165, 1.54) is 5.69 Å². The molecule has 1 fully saturated rings. The van der Waals surface area contributed by atoms with Gasteiger partial charge in [-0.25, -0.2) is 0 Å². The predicted molar refractivity (Wildman–Crippen MR) is 79.1 cm³/mol. The number of piperidine rings is 1. The molecule has 1 saturated heterocycles. The lowest BCUT2D eigenvalue weighted by molar-refractivity contribution is 0.0689. The van der Waals surface area contributed by atoms with Crippen LogP contribution in [0.5, 0.6) is 0 Å². The molecule has 3 rings (SSSR count). The van der Waals surface area contributed by atoms with Crippen LogP contribution in [0.3, 0.4) is 0 Å². The average Bonchev–Trinajstić information content (AvgIpc) is 3.04. The van der Waals surface area contributed by atoms with Crippen molar-refractivity contribution in [1.82, 2.24) is 24.5 Å². The number of rotatable bonds is 2. The predicted octanol–water partition coefficient (Wildman–Crippen LogP) is 1.71. The minimum atomic E-state index is 0.0786. The zero-order chi connectivity index (χ0) is 15.0. The summed E-state index contributed by atoms with van der Waals surface area (Å²) < 4.78 is 3.77. The minimum absolute atomic E-state index is 0.0786. The van der Waals surface area contributed by atoms with Crippen molar-refractivity contribution in [3.63, 3.8) is 0 Å². The van der Waals surface area contributed by atoms with Crippen molar-refractivity contribution in [3.05, 3.63) is 35.4 Å². The molecule has 0 unspecified atom stereocenters. The molecule has 2 aromatic heterocycles. The van der Waals surface area contributed by atoms with Crippen LogP contribution in [0.1, 0.15) is 40.6 Å². The molecule has 2 aromatic rings. The van der Waals surface area contributed by atoms with E-state index in [4.69, 9.17) is 0 Å². The lowest BCUT2D eigenvalue weighted by Gasteiger charge is -2.32. The van der Waals surface area contributed by atoms with Crippen LogP contribution in [0.4, 0.5) is 0 Å². The molecule has 0 atom stereocenters. The van der Waals surface area contributed by atoms with Gasteiger partial charge in [0.2, 0.25) is 0 Å². The normalized spacial score (nSPS) is 16.4. The number of likely N-dealkylation sites (tertiary alicyclic amines) is 1. The first-order valence-corrected chi connectivity index (χ1v) is 7.35. The molecule has 0 bridgehead atoms. The van der Waals surface area contributed by atoms with Gasteiger partial charge in [-0.1, -0.05) is 0 Å².